The molecule has 0 N–H and O–H groups in total. The number of benzene rings is 2. The van der Waals surface area contributed by atoms with Crippen LogP contribution in [-0.2, 0) is 4.43 Å². The van der Waals surface area contributed by atoms with Crippen LogP contribution < -0.4 is 0 Å². The molecular weight excluding hydrogens is 308 g/mol. The highest BCUT2D eigenvalue weighted by molar-refractivity contribution is 6.28. The monoisotopic (exact) mass is 334 g/mol. The van der Waals surface area contributed by atoms with Gasteiger partial charge < -0.3 is 4.43 Å². The van der Waals surface area contributed by atoms with Crippen molar-refractivity contribution in [3.8, 4) is 12.0 Å². The van der Waals surface area contributed by atoms with Gasteiger partial charge in [0.1, 0.15) is 0 Å². The first-order valence-corrected chi connectivity index (χ1v) is 10.7. The van der Waals surface area contributed by atoms with Crippen LogP contribution in [0.15, 0.2) is 60.7 Å². The van der Waals surface area contributed by atoms with Crippen molar-refractivity contribution in [2.24, 2.45) is 5.92 Å². The molecule has 2 aromatic carbocycles. The van der Waals surface area contributed by atoms with Crippen LogP contribution in [0.4, 0.5) is 0 Å². The Morgan fingerprint density at radius 2 is 1.46 bits per heavy atom. The van der Waals surface area contributed by atoms with Gasteiger partial charge in [-0.15, -0.1) is 0 Å². The fourth-order valence-electron chi connectivity index (χ4n) is 3.50. The lowest BCUT2D eigenvalue weighted by Gasteiger charge is -2.17. The zero-order valence-electron chi connectivity index (χ0n) is 14.3. The smallest absolute Gasteiger partial charge is 0.236 e. The summed E-state index contributed by atoms with van der Waals surface area (Å²) in [7, 11) is -0.644. The van der Waals surface area contributed by atoms with Crippen molar-refractivity contribution in [2.45, 2.75) is 44.1 Å². The molecule has 1 saturated carbocycles. The zero-order valence-corrected chi connectivity index (χ0v) is 15.7. The van der Waals surface area contributed by atoms with Crippen LogP contribution in [0.5, 0.6) is 0 Å². The van der Waals surface area contributed by atoms with E-state index in [0.717, 1.165) is 6.04 Å². The topological polar surface area (TPSA) is 9.23 Å². The molecule has 0 saturated heterocycles. The Labute approximate surface area is 148 Å². The van der Waals surface area contributed by atoms with Crippen LogP contribution in [-0.4, -0.2) is 9.76 Å². The molecule has 2 aromatic rings. The zero-order chi connectivity index (χ0) is 16.5. The second kappa shape index (κ2) is 9.35. The first kappa shape index (κ1) is 16.9. The third-order valence-electron chi connectivity index (χ3n) is 4.85. The second-order valence-electron chi connectivity index (χ2n) is 6.59. The fourth-order valence-corrected chi connectivity index (χ4v) is 4.70. The standard InChI is InChI=1S/C22H26OSi/c1-4-10-19(11-5-1)16-17-23-24-18-22(20-12-6-2-7-13-20)21-14-8-3-9-15-21/h2-3,6-9,12-15,19,22H,1,4-5,10-11,18,24H2. The molecule has 0 aromatic heterocycles. The fraction of sp³-hybridized carbons (Fsp3) is 0.364. The second-order valence-corrected chi connectivity index (χ2v) is 7.87. The summed E-state index contributed by atoms with van der Waals surface area (Å²) in [5, 5.41) is 0. The van der Waals surface area contributed by atoms with Crippen molar-refractivity contribution in [2.75, 3.05) is 0 Å². The quantitative estimate of drug-likeness (QED) is 0.430. The van der Waals surface area contributed by atoms with Gasteiger partial charge in [-0.2, -0.15) is 0 Å². The molecule has 124 valence electrons. The van der Waals surface area contributed by atoms with Crippen molar-refractivity contribution < 1.29 is 4.43 Å². The van der Waals surface area contributed by atoms with E-state index in [1.54, 1.807) is 0 Å². The van der Waals surface area contributed by atoms with Gasteiger partial charge in [0.2, 0.25) is 9.76 Å². The van der Waals surface area contributed by atoms with Crippen LogP contribution in [0.25, 0.3) is 0 Å². The Morgan fingerprint density at radius 3 is 2.04 bits per heavy atom. The van der Waals surface area contributed by atoms with Crippen LogP contribution in [0.2, 0.25) is 6.04 Å². The van der Waals surface area contributed by atoms with Gasteiger partial charge >= 0.3 is 0 Å². The maximum Gasteiger partial charge on any atom is 0.236 e. The number of hydrogen-bond donors (Lipinski definition) is 0. The summed E-state index contributed by atoms with van der Waals surface area (Å²) in [6.45, 7) is 0. The van der Waals surface area contributed by atoms with Gasteiger partial charge in [-0.05, 0) is 30.0 Å². The maximum atomic E-state index is 5.79. The van der Waals surface area contributed by atoms with Gasteiger partial charge in [0.25, 0.3) is 0 Å². The van der Waals surface area contributed by atoms with Gasteiger partial charge in [-0.1, -0.05) is 85.8 Å². The number of hydrogen-bond acceptors (Lipinski definition) is 1. The molecule has 1 fully saturated rings. The minimum atomic E-state index is -0.644. The largest absolute Gasteiger partial charge is 0.508 e. The summed E-state index contributed by atoms with van der Waals surface area (Å²) in [6, 6.07) is 22.6. The van der Waals surface area contributed by atoms with Gasteiger partial charge in [-0.25, -0.2) is 0 Å². The Morgan fingerprint density at radius 1 is 0.875 bits per heavy atom. The van der Waals surface area contributed by atoms with Crippen LogP contribution in [0.1, 0.15) is 49.1 Å². The molecule has 2 heteroatoms. The Balaban J connectivity index is 1.58. The molecule has 0 unspecified atom stereocenters. The molecule has 0 heterocycles. The molecule has 0 amide bonds. The Bertz CT molecular complexity index is 611. The highest BCUT2D eigenvalue weighted by Gasteiger charge is 2.14. The average molecular weight is 335 g/mol. The summed E-state index contributed by atoms with van der Waals surface area (Å²) in [4.78, 5) is 0. The molecular formula is C22H26OSi. The molecule has 0 aliphatic heterocycles. The van der Waals surface area contributed by atoms with Crippen LogP contribution >= 0.6 is 0 Å². The highest BCUT2D eigenvalue weighted by atomic mass is 28.2. The van der Waals surface area contributed by atoms with E-state index >= 15 is 0 Å². The van der Waals surface area contributed by atoms with Gasteiger partial charge in [-0.3, -0.25) is 0 Å². The third-order valence-corrected chi connectivity index (χ3v) is 6.01. The minimum absolute atomic E-state index is 0.426. The highest BCUT2D eigenvalue weighted by Crippen LogP contribution is 2.28. The molecule has 0 bridgehead atoms. The molecule has 24 heavy (non-hydrogen) atoms. The molecule has 0 atom stereocenters. The lowest BCUT2D eigenvalue weighted by molar-refractivity contribution is 0.427. The predicted octanol–water partition coefficient (Wildman–Crippen LogP) is 4.88. The van der Waals surface area contributed by atoms with E-state index < -0.39 is 9.76 Å². The Hall–Kier alpha value is -1.98. The van der Waals surface area contributed by atoms with Crippen molar-refractivity contribution >= 4 is 9.76 Å². The summed E-state index contributed by atoms with van der Waals surface area (Å²) >= 11 is 0. The van der Waals surface area contributed by atoms with Gasteiger partial charge in [0.05, 0.1) is 6.11 Å². The molecule has 0 spiro atoms. The van der Waals surface area contributed by atoms with E-state index in [1.165, 1.54) is 43.2 Å². The molecule has 0 radical (unpaired) electrons. The molecule has 3 rings (SSSR count). The summed E-state index contributed by atoms with van der Waals surface area (Å²) in [5.41, 5.74) is 2.75. The van der Waals surface area contributed by atoms with Crippen LogP contribution in [0.3, 0.4) is 0 Å². The average Bonchev–Trinajstić information content (AvgIpc) is 2.67. The lowest BCUT2D eigenvalue weighted by Crippen LogP contribution is -2.07. The summed E-state index contributed by atoms with van der Waals surface area (Å²) in [6.07, 6.45) is 9.59. The van der Waals surface area contributed by atoms with E-state index in [0.29, 0.717) is 11.8 Å². The van der Waals surface area contributed by atoms with E-state index in [4.69, 9.17) is 4.43 Å². The number of rotatable bonds is 5. The lowest BCUT2D eigenvalue weighted by atomic mass is 9.90. The van der Waals surface area contributed by atoms with Gasteiger partial charge in [0, 0.05) is 11.8 Å². The van der Waals surface area contributed by atoms with E-state index in [-0.39, 0.29) is 0 Å². The first-order valence-electron chi connectivity index (χ1n) is 9.15. The summed E-state index contributed by atoms with van der Waals surface area (Å²) in [5.74, 6) is 4.34. The SMILES string of the molecule is C(#CC1CCCCC1)O[SiH2]CC(c1ccccc1)c1ccccc1. The first-order chi connectivity index (χ1) is 11.9. The van der Waals surface area contributed by atoms with E-state index in [9.17, 15) is 0 Å². The molecule has 1 aliphatic rings. The summed E-state index contributed by atoms with van der Waals surface area (Å²) < 4.78 is 5.79. The third kappa shape index (κ3) is 5.01. The van der Waals surface area contributed by atoms with E-state index in [1.807, 2.05) is 0 Å². The minimum Gasteiger partial charge on any atom is -0.508 e. The predicted molar refractivity (Wildman–Crippen MR) is 104 cm³/mol. The van der Waals surface area contributed by atoms with Gasteiger partial charge in [0.15, 0.2) is 0 Å². The van der Waals surface area contributed by atoms with Crippen LogP contribution in [0, 0.1) is 17.9 Å². The maximum absolute atomic E-state index is 5.79. The Kier molecular flexibility index (Phi) is 6.57. The van der Waals surface area contributed by atoms with Crippen molar-refractivity contribution in [1.29, 1.82) is 0 Å². The van der Waals surface area contributed by atoms with Crippen molar-refractivity contribution in [3.05, 3.63) is 71.8 Å². The molecule has 1 nitrogen and oxygen atoms in total. The van der Waals surface area contributed by atoms with Crippen molar-refractivity contribution in [1.82, 2.24) is 0 Å². The normalized spacial score (nSPS) is 15.4. The van der Waals surface area contributed by atoms with E-state index in [2.05, 4.69) is 72.7 Å². The van der Waals surface area contributed by atoms with Crippen molar-refractivity contribution in [3.63, 3.8) is 0 Å². The molecule has 1 aliphatic carbocycles.